The Morgan fingerprint density at radius 2 is 1.69 bits per heavy atom. The van der Waals surface area contributed by atoms with E-state index < -0.39 is 11.9 Å². The summed E-state index contributed by atoms with van der Waals surface area (Å²) >= 11 is 3.34. The molecular weight excluding hydrogens is 442 g/mol. The van der Waals surface area contributed by atoms with Gasteiger partial charge in [-0.3, -0.25) is 0 Å². The van der Waals surface area contributed by atoms with Gasteiger partial charge in [-0.25, -0.2) is 9.59 Å². The number of phenols is 1. The maximum absolute atomic E-state index is 9.80. The molecule has 0 aliphatic rings. The van der Waals surface area contributed by atoms with Crippen molar-refractivity contribution in [1.82, 2.24) is 5.32 Å². The number of hydrogen-bond donors (Lipinski definition) is 4. The summed E-state index contributed by atoms with van der Waals surface area (Å²) in [7, 11) is 1.55. The molecule has 0 fully saturated rings. The molecule has 29 heavy (non-hydrogen) atoms. The molecule has 2 rings (SSSR count). The van der Waals surface area contributed by atoms with Crippen LogP contribution in [0.15, 0.2) is 59.1 Å². The molecule has 0 radical (unpaired) electrons. The number of ether oxygens (including phenoxy) is 1. The molecule has 2 aromatic rings. The molecule has 2 aromatic carbocycles. The third kappa shape index (κ3) is 9.77. The lowest BCUT2D eigenvalue weighted by molar-refractivity contribution is -0.134. The summed E-state index contributed by atoms with van der Waals surface area (Å²) in [4.78, 5) is 19.1. The standard InChI is InChI=1S/C17H20BrNO2.C4H4O4/c1-12(8-13-6-4-3-5-7-13)19-11-14-9-15(18)17(20)16(10-14)21-2;5-3(6)1-2-4(7)8/h3-7,9-10,12,19-20H,8,11H2,1-2H3;1-2H,(H,5,6)(H,7,8)/b;2-1-. The molecule has 156 valence electrons. The lowest BCUT2D eigenvalue weighted by Crippen LogP contribution is -2.27. The first-order chi connectivity index (χ1) is 13.7. The number of phenolic OH excluding ortho intramolecular Hbond substituents is 1. The zero-order chi connectivity index (χ0) is 21.8. The van der Waals surface area contributed by atoms with Crippen molar-refractivity contribution in [3.8, 4) is 11.5 Å². The SMILES string of the molecule is COc1cc(CNC(C)Cc2ccccc2)cc(Br)c1O.O=C(O)/C=C\C(=O)O. The number of methoxy groups -OCH3 is 1. The van der Waals surface area contributed by atoms with Crippen LogP contribution in [-0.4, -0.2) is 40.4 Å². The molecule has 0 saturated heterocycles. The number of aliphatic carboxylic acids is 2. The van der Waals surface area contributed by atoms with E-state index >= 15 is 0 Å². The predicted molar refractivity (Wildman–Crippen MR) is 113 cm³/mol. The van der Waals surface area contributed by atoms with Gasteiger partial charge in [0, 0.05) is 24.7 Å². The van der Waals surface area contributed by atoms with Gasteiger partial charge in [0.1, 0.15) is 0 Å². The highest BCUT2D eigenvalue weighted by Crippen LogP contribution is 2.35. The zero-order valence-electron chi connectivity index (χ0n) is 16.1. The maximum atomic E-state index is 9.80. The second-order valence-corrected chi connectivity index (χ2v) is 6.96. The van der Waals surface area contributed by atoms with Crippen molar-refractivity contribution in [1.29, 1.82) is 0 Å². The lowest BCUT2D eigenvalue weighted by atomic mass is 10.1. The second kappa shape index (κ2) is 12.6. The molecule has 0 spiro atoms. The summed E-state index contributed by atoms with van der Waals surface area (Å²) in [5.41, 5.74) is 2.39. The van der Waals surface area contributed by atoms with E-state index in [2.05, 4.69) is 52.4 Å². The zero-order valence-corrected chi connectivity index (χ0v) is 17.7. The normalized spacial score (nSPS) is 11.4. The number of aromatic hydroxyl groups is 1. The van der Waals surface area contributed by atoms with E-state index in [4.69, 9.17) is 14.9 Å². The summed E-state index contributed by atoms with van der Waals surface area (Å²) in [5, 5.41) is 28.9. The van der Waals surface area contributed by atoms with E-state index in [-0.39, 0.29) is 5.75 Å². The Balaban J connectivity index is 0.000000447. The van der Waals surface area contributed by atoms with Crippen molar-refractivity contribution in [3.05, 3.63) is 70.2 Å². The van der Waals surface area contributed by atoms with Crippen LogP contribution in [-0.2, 0) is 22.6 Å². The van der Waals surface area contributed by atoms with Crippen LogP contribution in [0.3, 0.4) is 0 Å². The minimum atomic E-state index is -1.26. The van der Waals surface area contributed by atoms with E-state index in [0.717, 1.165) is 18.5 Å². The van der Waals surface area contributed by atoms with E-state index in [0.29, 0.717) is 28.4 Å². The molecule has 0 bridgehead atoms. The summed E-state index contributed by atoms with van der Waals surface area (Å²) in [5.74, 6) is -1.89. The number of carboxylic acid groups (broad SMARTS) is 2. The molecule has 0 aromatic heterocycles. The highest BCUT2D eigenvalue weighted by Gasteiger charge is 2.09. The molecule has 0 aliphatic carbocycles. The van der Waals surface area contributed by atoms with Gasteiger partial charge in [-0.05, 0) is 52.5 Å². The fraction of sp³-hybridized carbons (Fsp3) is 0.238. The third-order valence-electron chi connectivity index (χ3n) is 3.72. The first-order valence-electron chi connectivity index (χ1n) is 8.69. The van der Waals surface area contributed by atoms with Crippen LogP contribution in [0.5, 0.6) is 11.5 Å². The highest BCUT2D eigenvalue weighted by atomic mass is 79.9. The molecule has 0 heterocycles. The van der Waals surface area contributed by atoms with Crippen LogP contribution in [0.1, 0.15) is 18.1 Å². The Hall–Kier alpha value is -2.84. The molecule has 0 aliphatic heterocycles. The van der Waals surface area contributed by atoms with E-state index in [1.807, 2.05) is 18.2 Å². The summed E-state index contributed by atoms with van der Waals surface area (Å²) < 4.78 is 5.81. The summed E-state index contributed by atoms with van der Waals surface area (Å²) in [6.45, 7) is 2.89. The largest absolute Gasteiger partial charge is 0.503 e. The number of rotatable bonds is 8. The Labute approximate surface area is 177 Å². The van der Waals surface area contributed by atoms with Crippen molar-refractivity contribution in [3.63, 3.8) is 0 Å². The Morgan fingerprint density at radius 1 is 1.10 bits per heavy atom. The van der Waals surface area contributed by atoms with Crippen LogP contribution >= 0.6 is 15.9 Å². The number of nitrogens with one attached hydrogen (secondary N) is 1. The van der Waals surface area contributed by atoms with Gasteiger partial charge in [0.2, 0.25) is 0 Å². The van der Waals surface area contributed by atoms with Crippen molar-refractivity contribution in [2.45, 2.75) is 25.9 Å². The number of carboxylic acids is 2. The first-order valence-corrected chi connectivity index (χ1v) is 9.48. The molecule has 1 unspecified atom stereocenters. The van der Waals surface area contributed by atoms with Crippen molar-refractivity contribution < 1.29 is 29.6 Å². The molecule has 1 atom stereocenters. The second-order valence-electron chi connectivity index (χ2n) is 6.11. The van der Waals surface area contributed by atoms with Gasteiger partial charge in [-0.1, -0.05) is 30.3 Å². The Bertz CT molecular complexity index is 823. The van der Waals surface area contributed by atoms with Crippen LogP contribution in [0.4, 0.5) is 0 Å². The monoisotopic (exact) mass is 465 g/mol. The van der Waals surface area contributed by atoms with Crippen molar-refractivity contribution in [2.75, 3.05) is 7.11 Å². The number of carbonyl (C=O) groups is 2. The highest BCUT2D eigenvalue weighted by molar-refractivity contribution is 9.10. The average molecular weight is 466 g/mol. The summed E-state index contributed by atoms with van der Waals surface area (Å²) in [6, 6.07) is 14.5. The van der Waals surface area contributed by atoms with Gasteiger partial charge in [0.25, 0.3) is 0 Å². The first kappa shape index (κ1) is 24.2. The molecule has 0 amide bonds. The number of hydrogen-bond acceptors (Lipinski definition) is 5. The quantitative estimate of drug-likeness (QED) is 0.440. The van der Waals surface area contributed by atoms with Gasteiger partial charge in [0.15, 0.2) is 11.5 Å². The van der Waals surface area contributed by atoms with E-state index in [1.54, 1.807) is 7.11 Å². The number of benzene rings is 2. The fourth-order valence-electron chi connectivity index (χ4n) is 2.36. The van der Waals surface area contributed by atoms with E-state index in [1.165, 1.54) is 5.56 Å². The smallest absolute Gasteiger partial charge is 0.328 e. The Kier molecular flexibility index (Phi) is 10.5. The topological polar surface area (TPSA) is 116 Å². The molecule has 7 nitrogen and oxygen atoms in total. The van der Waals surface area contributed by atoms with Crippen molar-refractivity contribution >= 4 is 27.9 Å². The van der Waals surface area contributed by atoms with Gasteiger partial charge in [-0.2, -0.15) is 0 Å². The van der Waals surface area contributed by atoms with Gasteiger partial charge in [0.05, 0.1) is 11.6 Å². The van der Waals surface area contributed by atoms with Crippen LogP contribution in [0.2, 0.25) is 0 Å². The van der Waals surface area contributed by atoms with Crippen molar-refractivity contribution in [2.24, 2.45) is 0 Å². The molecule has 4 N–H and O–H groups in total. The predicted octanol–water partition coefficient (Wildman–Crippen LogP) is 3.60. The van der Waals surface area contributed by atoms with Gasteiger partial charge < -0.3 is 25.4 Å². The third-order valence-corrected chi connectivity index (χ3v) is 4.32. The minimum absolute atomic E-state index is 0.138. The van der Waals surface area contributed by atoms with E-state index in [9.17, 15) is 14.7 Å². The van der Waals surface area contributed by atoms with Gasteiger partial charge >= 0.3 is 11.9 Å². The Morgan fingerprint density at radius 3 is 2.21 bits per heavy atom. The van der Waals surface area contributed by atoms with Gasteiger partial charge in [-0.15, -0.1) is 0 Å². The summed E-state index contributed by atoms with van der Waals surface area (Å²) in [6.07, 6.45) is 2.10. The number of halogens is 1. The van der Waals surface area contributed by atoms with Crippen LogP contribution in [0, 0.1) is 0 Å². The van der Waals surface area contributed by atoms with Crippen LogP contribution < -0.4 is 10.1 Å². The molecular formula is C21H24BrNO6. The maximum Gasteiger partial charge on any atom is 0.328 e. The lowest BCUT2D eigenvalue weighted by Gasteiger charge is -2.15. The minimum Gasteiger partial charge on any atom is -0.503 e. The van der Waals surface area contributed by atoms with Crippen LogP contribution in [0.25, 0.3) is 0 Å². The molecule has 0 saturated carbocycles. The average Bonchev–Trinajstić information content (AvgIpc) is 2.68. The molecule has 8 heteroatoms. The fourth-order valence-corrected chi connectivity index (χ4v) is 2.85.